The number of carbonyl (C=O) groups excluding carboxylic acids is 2. The quantitative estimate of drug-likeness (QED) is 0.0355. The predicted molar refractivity (Wildman–Crippen MR) is 224 cm³/mol. The molecule has 0 radical (unpaired) electrons. The van der Waals surface area contributed by atoms with Gasteiger partial charge in [0.15, 0.2) is 6.10 Å². The fourth-order valence-corrected chi connectivity index (χ4v) is 6.80. The minimum Gasteiger partial charge on any atom is -0.462 e. The fraction of sp³-hybridized carbons (Fsp3) is 0.915. The van der Waals surface area contributed by atoms with Crippen LogP contribution in [0.3, 0.4) is 0 Å². The Morgan fingerprint density at radius 3 is 1.17 bits per heavy atom. The number of esters is 2. The minimum absolute atomic E-state index is 0.0910. The first-order valence-corrected chi connectivity index (χ1v) is 23.2. The highest BCUT2D eigenvalue weighted by Gasteiger charge is 2.17. The molecule has 0 heterocycles. The Hall–Kier alpha value is -1.36. The summed E-state index contributed by atoms with van der Waals surface area (Å²) in [5.41, 5.74) is 0. The summed E-state index contributed by atoms with van der Waals surface area (Å²) in [6, 6.07) is 0. The lowest BCUT2D eigenvalue weighted by Gasteiger charge is -2.18. The van der Waals surface area contributed by atoms with Crippen molar-refractivity contribution in [2.24, 2.45) is 0 Å². The van der Waals surface area contributed by atoms with Gasteiger partial charge in [-0.25, -0.2) is 0 Å². The van der Waals surface area contributed by atoms with Gasteiger partial charge in [-0.15, -0.1) is 0 Å². The van der Waals surface area contributed by atoms with E-state index in [2.05, 4.69) is 32.9 Å². The van der Waals surface area contributed by atoms with Gasteiger partial charge in [-0.1, -0.05) is 206 Å². The lowest BCUT2D eigenvalue weighted by molar-refractivity contribution is -0.163. The molecule has 5 heteroatoms. The average Bonchev–Trinajstić information content (AvgIpc) is 3.14. The van der Waals surface area contributed by atoms with Gasteiger partial charge in [0, 0.05) is 19.4 Å². The molecule has 0 aromatic heterocycles. The molecule has 1 atom stereocenters. The van der Waals surface area contributed by atoms with E-state index in [1.165, 1.54) is 180 Å². The number of hydrogen-bond acceptors (Lipinski definition) is 5. The van der Waals surface area contributed by atoms with Crippen molar-refractivity contribution in [2.45, 2.75) is 258 Å². The Labute approximate surface area is 325 Å². The molecule has 0 aliphatic heterocycles. The van der Waals surface area contributed by atoms with E-state index in [1.807, 2.05) is 0 Å². The average molecular weight is 735 g/mol. The van der Waals surface area contributed by atoms with Crippen molar-refractivity contribution in [1.82, 2.24) is 0 Å². The third kappa shape index (κ3) is 41.4. The Morgan fingerprint density at radius 2 is 0.750 bits per heavy atom. The number of unbranched alkanes of at least 4 members (excludes halogenated alkanes) is 30. The number of rotatable bonds is 43. The predicted octanol–water partition coefficient (Wildman–Crippen LogP) is 15.1. The largest absolute Gasteiger partial charge is 0.462 e. The Kier molecular flexibility index (Phi) is 42.9. The molecular weight excluding hydrogens is 645 g/mol. The summed E-state index contributed by atoms with van der Waals surface area (Å²) in [6.45, 7) is 7.79. The van der Waals surface area contributed by atoms with Gasteiger partial charge >= 0.3 is 11.9 Å². The molecule has 5 nitrogen and oxygen atoms in total. The monoisotopic (exact) mass is 735 g/mol. The van der Waals surface area contributed by atoms with Crippen molar-refractivity contribution in [2.75, 3.05) is 19.8 Å². The van der Waals surface area contributed by atoms with E-state index in [9.17, 15) is 9.59 Å². The molecular formula is C47H90O5. The van der Waals surface area contributed by atoms with Crippen LogP contribution in [0, 0.1) is 0 Å². The summed E-state index contributed by atoms with van der Waals surface area (Å²) in [5, 5.41) is 0. The zero-order valence-electron chi connectivity index (χ0n) is 35.4. The first kappa shape index (κ1) is 50.6. The second-order valence-corrected chi connectivity index (χ2v) is 15.7. The van der Waals surface area contributed by atoms with Gasteiger partial charge in [0.2, 0.25) is 0 Å². The van der Waals surface area contributed by atoms with Crippen LogP contribution in [-0.4, -0.2) is 37.9 Å². The molecule has 1 unspecified atom stereocenters. The highest BCUT2D eigenvalue weighted by Crippen LogP contribution is 2.15. The number of carbonyl (C=O) groups is 2. The zero-order valence-corrected chi connectivity index (χ0v) is 35.4. The van der Waals surface area contributed by atoms with Crippen LogP contribution in [0.4, 0.5) is 0 Å². The Morgan fingerprint density at radius 1 is 0.404 bits per heavy atom. The molecule has 0 rings (SSSR count). The number of ether oxygens (including phenoxy) is 3. The molecule has 0 spiro atoms. The number of allylic oxidation sites excluding steroid dienone is 2. The first-order chi connectivity index (χ1) is 25.6. The smallest absolute Gasteiger partial charge is 0.306 e. The summed E-state index contributed by atoms with van der Waals surface area (Å²) < 4.78 is 17.2. The highest BCUT2D eigenvalue weighted by molar-refractivity contribution is 5.70. The van der Waals surface area contributed by atoms with Gasteiger partial charge in [0.1, 0.15) is 6.61 Å². The molecule has 0 amide bonds. The van der Waals surface area contributed by atoms with Crippen molar-refractivity contribution in [3.05, 3.63) is 12.2 Å². The Balaban J connectivity index is 3.97. The Bertz CT molecular complexity index is 750. The van der Waals surface area contributed by atoms with Gasteiger partial charge < -0.3 is 14.2 Å². The summed E-state index contributed by atoms with van der Waals surface area (Å²) in [5.74, 6) is -0.398. The van der Waals surface area contributed by atoms with E-state index in [4.69, 9.17) is 14.2 Å². The van der Waals surface area contributed by atoms with E-state index in [0.29, 0.717) is 26.1 Å². The lowest BCUT2D eigenvalue weighted by Crippen LogP contribution is -2.30. The van der Waals surface area contributed by atoms with Crippen LogP contribution in [0.1, 0.15) is 252 Å². The van der Waals surface area contributed by atoms with Crippen LogP contribution in [0.5, 0.6) is 0 Å². The molecule has 0 aliphatic carbocycles. The van der Waals surface area contributed by atoms with Gasteiger partial charge in [-0.05, 0) is 44.9 Å². The van der Waals surface area contributed by atoms with Crippen molar-refractivity contribution in [1.29, 1.82) is 0 Å². The molecule has 0 bridgehead atoms. The van der Waals surface area contributed by atoms with Crippen LogP contribution < -0.4 is 0 Å². The lowest BCUT2D eigenvalue weighted by atomic mass is 10.1. The van der Waals surface area contributed by atoms with E-state index < -0.39 is 6.10 Å². The third-order valence-corrected chi connectivity index (χ3v) is 10.3. The maximum atomic E-state index is 12.5. The molecule has 0 saturated heterocycles. The van der Waals surface area contributed by atoms with Crippen LogP contribution in [0.2, 0.25) is 0 Å². The molecule has 0 fully saturated rings. The fourth-order valence-electron chi connectivity index (χ4n) is 6.80. The highest BCUT2D eigenvalue weighted by atomic mass is 16.6. The third-order valence-electron chi connectivity index (χ3n) is 10.3. The summed E-state index contributed by atoms with van der Waals surface area (Å²) in [4.78, 5) is 25.0. The summed E-state index contributed by atoms with van der Waals surface area (Å²) in [7, 11) is 0. The molecule has 0 aromatic carbocycles. The van der Waals surface area contributed by atoms with Crippen LogP contribution >= 0.6 is 0 Å². The van der Waals surface area contributed by atoms with E-state index in [0.717, 1.165) is 38.5 Å². The molecule has 0 N–H and O–H groups in total. The summed E-state index contributed by atoms with van der Waals surface area (Å²) in [6.07, 6.45) is 48.1. The number of hydrogen-bond donors (Lipinski definition) is 0. The van der Waals surface area contributed by atoms with E-state index in [1.54, 1.807) is 0 Å². The van der Waals surface area contributed by atoms with Gasteiger partial charge in [-0.2, -0.15) is 0 Å². The first-order valence-electron chi connectivity index (χ1n) is 23.2. The van der Waals surface area contributed by atoms with E-state index in [-0.39, 0.29) is 18.5 Å². The van der Waals surface area contributed by atoms with Gasteiger partial charge in [-0.3, -0.25) is 9.59 Å². The second kappa shape index (κ2) is 44.0. The minimum atomic E-state index is -0.523. The normalized spacial score (nSPS) is 12.1. The van der Waals surface area contributed by atoms with Gasteiger partial charge in [0.25, 0.3) is 0 Å². The standard InChI is InChI=1S/C47H90O5/c1-4-7-10-13-15-17-19-21-22-23-24-25-26-27-28-30-32-35-37-40-46(48)51-44-45(52-47(49)41-38-34-12-9-6-3)43-50-42-39-36-33-31-29-20-18-16-14-11-8-5-2/h21-22,45H,4-20,23-44H2,1-3H3/b22-21-. The zero-order chi connectivity index (χ0) is 37.8. The molecule has 0 aliphatic rings. The van der Waals surface area contributed by atoms with Gasteiger partial charge in [0.05, 0.1) is 6.61 Å². The second-order valence-electron chi connectivity index (χ2n) is 15.7. The van der Waals surface area contributed by atoms with E-state index >= 15 is 0 Å². The van der Waals surface area contributed by atoms with Crippen molar-refractivity contribution in [3.63, 3.8) is 0 Å². The van der Waals surface area contributed by atoms with Crippen LogP contribution in [0.25, 0.3) is 0 Å². The molecule has 0 saturated carbocycles. The van der Waals surface area contributed by atoms with Crippen molar-refractivity contribution in [3.8, 4) is 0 Å². The van der Waals surface area contributed by atoms with Crippen LogP contribution in [-0.2, 0) is 23.8 Å². The molecule has 308 valence electrons. The van der Waals surface area contributed by atoms with Crippen molar-refractivity contribution < 1.29 is 23.8 Å². The SMILES string of the molecule is CCCCCCCC/C=C\CCCCCCCCCCCC(=O)OCC(COCCCCCCCCCCCCCC)OC(=O)CCCCCCC. The maximum Gasteiger partial charge on any atom is 0.306 e. The maximum absolute atomic E-state index is 12.5. The van der Waals surface area contributed by atoms with Crippen molar-refractivity contribution >= 4 is 11.9 Å². The molecule has 52 heavy (non-hydrogen) atoms. The topological polar surface area (TPSA) is 61.8 Å². The van der Waals surface area contributed by atoms with Crippen LogP contribution in [0.15, 0.2) is 12.2 Å². The summed E-state index contributed by atoms with van der Waals surface area (Å²) >= 11 is 0. The molecule has 0 aromatic rings.